The van der Waals surface area contributed by atoms with Crippen LogP contribution in [0.25, 0.3) is 0 Å². The maximum absolute atomic E-state index is 3.63. The van der Waals surface area contributed by atoms with Gasteiger partial charge in [0, 0.05) is 9.61 Å². The highest BCUT2D eigenvalue weighted by molar-refractivity contribution is 14.1. The molecular formula is C14H22IN. The summed E-state index contributed by atoms with van der Waals surface area (Å²) in [6.45, 7) is 7.89. The van der Waals surface area contributed by atoms with E-state index >= 15 is 0 Å². The maximum atomic E-state index is 3.63. The Balaban J connectivity index is 2.70. The molecule has 1 unspecified atom stereocenters. The number of hydrogen-bond donors (Lipinski definition) is 1. The molecule has 16 heavy (non-hydrogen) atoms. The van der Waals surface area contributed by atoms with E-state index in [1.54, 1.807) is 0 Å². The molecule has 0 aromatic heterocycles. The van der Waals surface area contributed by atoms with Crippen molar-refractivity contribution in [3.05, 3.63) is 33.4 Å². The molecule has 1 nitrogen and oxygen atoms in total. The molecule has 1 rings (SSSR count). The summed E-state index contributed by atoms with van der Waals surface area (Å²) in [7, 11) is 0. The second-order valence-electron chi connectivity index (χ2n) is 4.69. The van der Waals surface area contributed by atoms with Gasteiger partial charge in [-0.2, -0.15) is 0 Å². The van der Waals surface area contributed by atoms with E-state index < -0.39 is 0 Å². The maximum Gasteiger partial charge on any atom is 0.0322 e. The van der Waals surface area contributed by atoms with E-state index in [9.17, 15) is 0 Å². The quantitative estimate of drug-likeness (QED) is 0.763. The van der Waals surface area contributed by atoms with Gasteiger partial charge in [0.25, 0.3) is 0 Å². The van der Waals surface area contributed by atoms with Crippen LogP contribution in [0.5, 0.6) is 0 Å². The Morgan fingerprint density at radius 1 is 1.19 bits per heavy atom. The molecule has 2 heteroatoms. The first-order valence-corrected chi connectivity index (χ1v) is 7.20. The highest BCUT2D eigenvalue weighted by atomic mass is 127. The van der Waals surface area contributed by atoms with Crippen molar-refractivity contribution in [3.8, 4) is 0 Å². The van der Waals surface area contributed by atoms with Gasteiger partial charge in [-0.3, -0.25) is 0 Å². The topological polar surface area (TPSA) is 12.0 Å². The fraction of sp³-hybridized carbons (Fsp3) is 0.571. The first kappa shape index (κ1) is 14.0. The zero-order valence-corrected chi connectivity index (χ0v) is 12.6. The van der Waals surface area contributed by atoms with Crippen LogP contribution in [0, 0.1) is 9.49 Å². The van der Waals surface area contributed by atoms with Gasteiger partial charge in [-0.1, -0.05) is 32.9 Å². The molecule has 0 amide bonds. The van der Waals surface area contributed by atoms with Crippen molar-refractivity contribution in [3.63, 3.8) is 0 Å². The van der Waals surface area contributed by atoms with Crippen LogP contribution < -0.4 is 5.32 Å². The van der Waals surface area contributed by atoms with Crippen LogP contribution in [0.4, 0.5) is 0 Å². The van der Waals surface area contributed by atoms with Crippen LogP contribution in [0.2, 0.25) is 0 Å². The number of hydrogen-bond acceptors (Lipinski definition) is 1. The third kappa shape index (κ3) is 4.83. The van der Waals surface area contributed by atoms with Crippen molar-refractivity contribution >= 4 is 22.6 Å². The molecule has 1 N–H and O–H groups in total. The molecule has 1 aromatic rings. The average Bonchev–Trinajstić information content (AvgIpc) is 2.25. The monoisotopic (exact) mass is 331 g/mol. The van der Waals surface area contributed by atoms with Crippen LogP contribution in [0.1, 0.15) is 45.2 Å². The molecule has 1 aromatic carbocycles. The Morgan fingerprint density at radius 3 is 2.31 bits per heavy atom. The first-order valence-electron chi connectivity index (χ1n) is 6.12. The molecule has 0 bridgehead atoms. The average molecular weight is 331 g/mol. The van der Waals surface area contributed by atoms with Crippen molar-refractivity contribution in [2.75, 3.05) is 6.54 Å². The van der Waals surface area contributed by atoms with Gasteiger partial charge >= 0.3 is 0 Å². The molecular weight excluding hydrogens is 309 g/mol. The minimum absolute atomic E-state index is 0.511. The lowest BCUT2D eigenvalue weighted by molar-refractivity contribution is 0.430. The predicted octanol–water partition coefficient (Wildman–Crippen LogP) is 4.38. The summed E-state index contributed by atoms with van der Waals surface area (Å²) < 4.78 is 1.31. The lowest BCUT2D eigenvalue weighted by atomic mass is 9.97. The summed E-state index contributed by atoms with van der Waals surface area (Å²) in [5.41, 5.74) is 1.42. The van der Waals surface area contributed by atoms with E-state index in [2.05, 4.69) is 72.9 Å². The van der Waals surface area contributed by atoms with Crippen molar-refractivity contribution in [2.45, 2.75) is 39.7 Å². The van der Waals surface area contributed by atoms with Crippen molar-refractivity contribution < 1.29 is 0 Å². The minimum Gasteiger partial charge on any atom is -0.310 e. The molecule has 0 fully saturated rings. The fourth-order valence-corrected chi connectivity index (χ4v) is 2.18. The zero-order chi connectivity index (χ0) is 12.0. The number of rotatable bonds is 6. The largest absolute Gasteiger partial charge is 0.310 e. The molecule has 0 saturated heterocycles. The summed E-state index contributed by atoms with van der Waals surface area (Å²) in [4.78, 5) is 0. The van der Waals surface area contributed by atoms with Gasteiger partial charge in [-0.25, -0.2) is 0 Å². The Hall–Kier alpha value is -0.0900. The van der Waals surface area contributed by atoms with Gasteiger partial charge in [-0.05, 0) is 65.6 Å². The van der Waals surface area contributed by atoms with Crippen molar-refractivity contribution in [1.82, 2.24) is 5.32 Å². The van der Waals surface area contributed by atoms with E-state index in [4.69, 9.17) is 0 Å². The highest BCUT2D eigenvalue weighted by Gasteiger charge is 2.11. The van der Waals surface area contributed by atoms with Crippen LogP contribution in [-0.4, -0.2) is 6.54 Å². The molecule has 0 spiro atoms. The van der Waals surface area contributed by atoms with Crippen LogP contribution in [0.15, 0.2) is 24.3 Å². The van der Waals surface area contributed by atoms with E-state index in [0.717, 1.165) is 12.5 Å². The molecule has 0 radical (unpaired) electrons. The predicted molar refractivity (Wildman–Crippen MR) is 79.6 cm³/mol. The van der Waals surface area contributed by atoms with Crippen molar-refractivity contribution in [1.29, 1.82) is 0 Å². The Kier molecular flexibility index (Phi) is 6.36. The molecule has 0 heterocycles. The smallest absolute Gasteiger partial charge is 0.0322 e. The third-order valence-electron chi connectivity index (χ3n) is 2.62. The second kappa shape index (κ2) is 7.28. The number of nitrogens with one attached hydrogen (secondary N) is 1. The first-order chi connectivity index (χ1) is 7.63. The molecule has 90 valence electrons. The highest BCUT2D eigenvalue weighted by Crippen LogP contribution is 2.22. The molecule has 0 aliphatic carbocycles. The van der Waals surface area contributed by atoms with Gasteiger partial charge < -0.3 is 5.32 Å². The van der Waals surface area contributed by atoms with Crippen LogP contribution in [0.3, 0.4) is 0 Å². The Bertz CT molecular complexity index is 292. The van der Waals surface area contributed by atoms with Gasteiger partial charge in [0.05, 0.1) is 0 Å². The van der Waals surface area contributed by atoms with E-state index in [1.807, 2.05) is 0 Å². The second-order valence-corrected chi connectivity index (χ2v) is 5.93. The van der Waals surface area contributed by atoms with Crippen LogP contribution in [-0.2, 0) is 0 Å². The third-order valence-corrected chi connectivity index (χ3v) is 3.34. The molecule has 0 aliphatic rings. The Labute approximate surface area is 113 Å². The van der Waals surface area contributed by atoms with Crippen LogP contribution >= 0.6 is 22.6 Å². The summed E-state index contributed by atoms with van der Waals surface area (Å²) in [6, 6.07) is 9.39. The normalized spacial score (nSPS) is 13.1. The van der Waals surface area contributed by atoms with Gasteiger partial charge in [-0.15, -0.1) is 0 Å². The Morgan fingerprint density at radius 2 is 1.81 bits per heavy atom. The van der Waals surface area contributed by atoms with Gasteiger partial charge in [0.15, 0.2) is 0 Å². The molecule has 1 atom stereocenters. The van der Waals surface area contributed by atoms with Gasteiger partial charge in [0.2, 0.25) is 0 Å². The lowest BCUT2D eigenvalue weighted by Crippen LogP contribution is -2.23. The van der Waals surface area contributed by atoms with E-state index in [-0.39, 0.29) is 0 Å². The van der Waals surface area contributed by atoms with E-state index in [0.29, 0.717) is 6.04 Å². The zero-order valence-electron chi connectivity index (χ0n) is 10.5. The molecule has 0 aliphatic heterocycles. The summed E-state index contributed by atoms with van der Waals surface area (Å²) >= 11 is 2.35. The fourth-order valence-electron chi connectivity index (χ4n) is 1.82. The number of benzene rings is 1. The standard InChI is InChI=1S/C14H22IN/c1-4-9-16-14(10-11(2)3)12-5-7-13(15)8-6-12/h5-8,11,14,16H,4,9-10H2,1-3H3. The summed E-state index contributed by atoms with van der Waals surface area (Å²) in [5, 5.41) is 3.63. The number of halogens is 1. The summed E-state index contributed by atoms with van der Waals surface area (Å²) in [6.07, 6.45) is 2.40. The lowest BCUT2D eigenvalue weighted by Gasteiger charge is -2.21. The molecule has 0 saturated carbocycles. The summed E-state index contributed by atoms with van der Waals surface area (Å²) in [5.74, 6) is 0.730. The van der Waals surface area contributed by atoms with Gasteiger partial charge in [0.1, 0.15) is 0 Å². The minimum atomic E-state index is 0.511. The van der Waals surface area contributed by atoms with E-state index in [1.165, 1.54) is 22.0 Å². The SMILES string of the molecule is CCCNC(CC(C)C)c1ccc(I)cc1. The van der Waals surface area contributed by atoms with Crippen molar-refractivity contribution in [2.24, 2.45) is 5.92 Å².